The van der Waals surface area contributed by atoms with Gasteiger partial charge in [-0.2, -0.15) is 0 Å². The molecule has 1 heteroatoms. The molecule has 0 radical (unpaired) electrons. The molecule has 0 aromatic heterocycles. The van der Waals surface area contributed by atoms with Crippen LogP contribution < -0.4 is 0 Å². The van der Waals surface area contributed by atoms with Gasteiger partial charge in [0.15, 0.2) is 0 Å². The van der Waals surface area contributed by atoms with Gasteiger partial charge in [0.1, 0.15) is 0 Å². The summed E-state index contributed by atoms with van der Waals surface area (Å²) < 4.78 is 0. The average molecular weight is 138 g/mol. The van der Waals surface area contributed by atoms with Crippen LogP contribution in [0.2, 0.25) is 0 Å². The van der Waals surface area contributed by atoms with Gasteiger partial charge in [-0.15, -0.1) is 0 Å². The van der Waals surface area contributed by atoms with Crippen molar-refractivity contribution in [3.05, 3.63) is 0 Å². The SMILES string of the molecule is O[C@H]1CC2CC2CC2CC21. The molecule has 3 saturated carbocycles. The first-order valence-electron chi connectivity index (χ1n) is 4.52. The molecule has 0 bridgehead atoms. The Bertz CT molecular complexity index is 164. The highest BCUT2D eigenvalue weighted by atomic mass is 16.3. The number of hydrogen-bond donors (Lipinski definition) is 1. The lowest BCUT2D eigenvalue weighted by molar-refractivity contribution is 0.133. The molecule has 0 aromatic rings. The zero-order valence-corrected chi connectivity index (χ0v) is 6.16. The summed E-state index contributed by atoms with van der Waals surface area (Å²) in [4.78, 5) is 0. The van der Waals surface area contributed by atoms with Gasteiger partial charge in [0, 0.05) is 0 Å². The third kappa shape index (κ3) is 0.672. The van der Waals surface area contributed by atoms with E-state index < -0.39 is 0 Å². The molecule has 0 amide bonds. The second-order valence-electron chi connectivity index (χ2n) is 4.45. The second-order valence-corrected chi connectivity index (χ2v) is 4.45. The maximum atomic E-state index is 9.60. The fourth-order valence-corrected chi connectivity index (χ4v) is 2.77. The predicted octanol–water partition coefficient (Wildman–Crippen LogP) is 1.41. The summed E-state index contributed by atoms with van der Waals surface area (Å²) >= 11 is 0. The highest BCUT2D eigenvalue weighted by molar-refractivity contribution is 5.03. The predicted molar refractivity (Wildman–Crippen MR) is 38.4 cm³/mol. The molecule has 10 heavy (non-hydrogen) atoms. The minimum absolute atomic E-state index is 0.0856. The molecule has 3 fully saturated rings. The van der Waals surface area contributed by atoms with E-state index in [4.69, 9.17) is 0 Å². The summed E-state index contributed by atoms with van der Waals surface area (Å²) in [5.41, 5.74) is 0. The van der Waals surface area contributed by atoms with Crippen LogP contribution in [0.5, 0.6) is 0 Å². The van der Waals surface area contributed by atoms with Crippen molar-refractivity contribution in [1.82, 2.24) is 0 Å². The third-order valence-electron chi connectivity index (χ3n) is 3.69. The van der Waals surface area contributed by atoms with Crippen molar-refractivity contribution in [2.75, 3.05) is 0 Å². The van der Waals surface area contributed by atoms with E-state index in [2.05, 4.69) is 0 Å². The average Bonchev–Trinajstić information content (AvgIpc) is 2.66. The molecule has 0 heterocycles. The number of aliphatic hydroxyl groups is 1. The summed E-state index contributed by atoms with van der Waals surface area (Å²) in [7, 11) is 0. The van der Waals surface area contributed by atoms with Gasteiger partial charge in [-0.1, -0.05) is 0 Å². The van der Waals surface area contributed by atoms with Gasteiger partial charge in [0.05, 0.1) is 6.10 Å². The topological polar surface area (TPSA) is 20.2 Å². The van der Waals surface area contributed by atoms with E-state index >= 15 is 0 Å². The van der Waals surface area contributed by atoms with Gasteiger partial charge in [-0.3, -0.25) is 0 Å². The molecule has 0 spiro atoms. The highest BCUT2D eigenvalue weighted by Gasteiger charge is 2.53. The molecule has 0 aromatic carbocycles. The van der Waals surface area contributed by atoms with E-state index in [9.17, 15) is 5.11 Å². The maximum Gasteiger partial charge on any atom is 0.0573 e. The van der Waals surface area contributed by atoms with Gasteiger partial charge in [0.2, 0.25) is 0 Å². The Kier molecular flexibility index (Phi) is 0.883. The quantitative estimate of drug-likeness (QED) is 0.536. The Morgan fingerprint density at radius 1 is 0.800 bits per heavy atom. The zero-order chi connectivity index (χ0) is 6.72. The van der Waals surface area contributed by atoms with E-state index in [0.29, 0.717) is 0 Å². The van der Waals surface area contributed by atoms with Crippen LogP contribution in [0, 0.1) is 23.7 Å². The van der Waals surface area contributed by atoms with Crippen LogP contribution in [0.25, 0.3) is 0 Å². The Morgan fingerprint density at radius 3 is 2.40 bits per heavy atom. The Hall–Kier alpha value is -0.0400. The molecule has 3 aliphatic rings. The van der Waals surface area contributed by atoms with Crippen molar-refractivity contribution in [2.45, 2.75) is 31.8 Å². The fourth-order valence-electron chi connectivity index (χ4n) is 2.77. The van der Waals surface area contributed by atoms with Crippen LogP contribution in [0.3, 0.4) is 0 Å². The van der Waals surface area contributed by atoms with Gasteiger partial charge in [0.25, 0.3) is 0 Å². The first kappa shape index (κ1) is 5.59. The summed E-state index contributed by atoms with van der Waals surface area (Å²) in [5, 5.41) is 9.60. The Balaban J connectivity index is 1.79. The molecule has 0 aliphatic heterocycles. The normalized spacial score (nSPS) is 63.9. The Labute approximate surface area is 61.4 Å². The fraction of sp³-hybridized carbons (Fsp3) is 1.00. The lowest BCUT2D eigenvalue weighted by Crippen LogP contribution is -2.09. The van der Waals surface area contributed by atoms with Gasteiger partial charge in [-0.25, -0.2) is 0 Å². The van der Waals surface area contributed by atoms with Crippen LogP contribution in [-0.4, -0.2) is 11.2 Å². The minimum Gasteiger partial charge on any atom is -0.393 e. The van der Waals surface area contributed by atoms with Crippen molar-refractivity contribution in [1.29, 1.82) is 0 Å². The minimum atomic E-state index is 0.0856. The molecule has 1 nitrogen and oxygen atoms in total. The third-order valence-corrected chi connectivity index (χ3v) is 3.69. The van der Waals surface area contributed by atoms with Crippen LogP contribution in [0.1, 0.15) is 25.7 Å². The molecular weight excluding hydrogens is 124 g/mol. The smallest absolute Gasteiger partial charge is 0.0573 e. The van der Waals surface area contributed by atoms with Gasteiger partial charge < -0.3 is 5.11 Å². The van der Waals surface area contributed by atoms with E-state index in [0.717, 1.165) is 30.1 Å². The van der Waals surface area contributed by atoms with E-state index in [-0.39, 0.29) is 6.10 Å². The van der Waals surface area contributed by atoms with Crippen LogP contribution in [0.15, 0.2) is 0 Å². The highest BCUT2D eigenvalue weighted by Crippen LogP contribution is 2.59. The van der Waals surface area contributed by atoms with Gasteiger partial charge >= 0.3 is 0 Å². The number of rotatable bonds is 0. The molecular formula is C9H14O. The first-order chi connectivity index (χ1) is 4.84. The number of fused-ring (bicyclic) bond motifs is 2. The van der Waals surface area contributed by atoms with Crippen molar-refractivity contribution < 1.29 is 5.11 Å². The van der Waals surface area contributed by atoms with E-state index in [1.165, 1.54) is 19.3 Å². The second kappa shape index (κ2) is 1.58. The van der Waals surface area contributed by atoms with Crippen LogP contribution >= 0.6 is 0 Å². The molecule has 56 valence electrons. The summed E-state index contributed by atoms with van der Waals surface area (Å²) in [6, 6.07) is 0. The molecule has 0 saturated heterocycles. The first-order valence-corrected chi connectivity index (χ1v) is 4.52. The molecule has 3 rings (SSSR count). The summed E-state index contributed by atoms with van der Waals surface area (Å²) in [5.74, 6) is 3.63. The van der Waals surface area contributed by atoms with Crippen LogP contribution in [-0.2, 0) is 0 Å². The van der Waals surface area contributed by atoms with Crippen molar-refractivity contribution in [3.63, 3.8) is 0 Å². The largest absolute Gasteiger partial charge is 0.393 e. The lowest BCUT2D eigenvalue weighted by atomic mass is 10.1. The zero-order valence-electron chi connectivity index (χ0n) is 6.16. The van der Waals surface area contributed by atoms with Crippen LogP contribution in [0.4, 0.5) is 0 Å². The monoisotopic (exact) mass is 138 g/mol. The molecule has 3 aliphatic carbocycles. The Morgan fingerprint density at radius 2 is 1.50 bits per heavy atom. The number of hydrogen-bond acceptors (Lipinski definition) is 1. The molecule has 1 N–H and O–H groups in total. The lowest BCUT2D eigenvalue weighted by Gasteiger charge is -2.05. The molecule has 5 atom stereocenters. The molecule has 4 unspecified atom stereocenters. The van der Waals surface area contributed by atoms with Crippen molar-refractivity contribution in [2.24, 2.45) is 23.7 Å². The van der Waals surface area contributed by atoms with Crippen molar-refractivity contribution in [3.8, 4) is 0 Å². The van der Waals surface area contributed by atoms with E-state index in [1.807, 2.05) is 0 Å². The maximum absolute atomic E-state index is 9.60. The standard InChI is InChI=1S/C9H14O/c10-9-4-6-1-5(6)2-7-3-8(7)9/h5-10H,1-4H2/t5?,6?,7?,8?,9-/m0/s1. The van der Waals surface area contributed by atoms with Crippen molar-refractivity contribution >= 4 is 0 Å². The summed E-state index contributed by atoms with van der Waals surface area (Å²) in [6.07, 6.45) is 5.44. The number of aliphatic hydroxyl groups excluding tert-OH is 1. The van der Waals surface area contributed by atoms with Gasteiger partial charge in [-0.05, 0) is 49.4 Å². The van der Waals surface area contributed by atoms with E-state index in [1.54, 1.807) is 0 Å². The summed E-state index contributed by atoms with van der Waals surface area (Å²) in [6.45, 7) is 0.